The number of aliphatic hydroxyl groups excluding tert-OH is 1. The second-order valence-electron chi connectivity index (χ2n) is 5.09. The summed E-state index contributed by atoms with van der Waals surface area (Å²) in [5.74, 6) is -0.129. The maximum Gasteiger partial charge on any atom is 0.304 e. The average molecular weight is 313 g/mol. The normalized spacial score (nSPS) is 20.1. The first-order chi connectivity index (χ1) is 9.95. The van der Waals surface area contributed by atoms with Gasteiger partial charge in [-0.15, -0.1) is 11.3 Å². The topological polar surface area (TPSA) is 95.7 Å². The molecule has 1 unspecified atom stereocenters. The lowest BCUT2D eigenvalue weighted by molar-refractivity contribution is -0.383. The summed E-state index contributed by atoms with van der Waals surface area (Å²) < 4.78 is 0. The molecule has 0 radical (unpaired) electrons. The van der Waals surface area contributed by atoms with Gasteiger partial charge in [0.2, 0.25) is 5.91 Å². The molecule has 21 heavy (non-hydrogen) atoms. The van der Waals surface area contributed by atoms with Crippen LogP contribution in [0.25, 0.3) is 0 Å². The number of nitrogens with one attached hydrogen (secondary N) is 1. The molecule has 2 rings (SSSR count). The van der Waals surface area contributed by atoms with E-state index in [9.17, 15) is 20.0 Å². The Morgan fingerprint density at radius 3 is 2.90 bits per heavy atom. The van der Waals surface area contributed by atoms with Crippen molar-refractivity contribution in [2.24, 2.45) is 0 Å². The van der Waals surface area contributed by atoms with Crippen LogP contribution in [-0.2, 0) is 4.79 Å². The zero-order valence-electron chi connectivity index (χ0n) is 12.0. The van der Waals surface area contributed by atoms with Crippen LogP contribution in [0.15, 0.2) is 6.07 Å². The van der Waals surface area contributed by atoms with Gasteiger partial charge in [0, 0.05) is 24.5 Å². The Morgan fingerprint density at radius 2 is 2.33 bits per heavy atom. The fraction of sp³-hybridized carbons (Fsp3) is 0.615. The van der Waals surface area contributed by atoms with Crippen LogP contribution >= 0.6 is 11.3 Å². The molecule has 0 bridgehead atoms. The molecule has 0 aromatic carbocycles. The molecule has 0 spiro atoms. The summed E-state index contributed by atoms with van der Waals surface area (Å²) in [5.41, 5.74) is -0.0355. The van der Waals surface area contributed by atoms with Crippen molar-refractivity contribution in [3.63, 3.8) is 0 Å². The summed E-state index contributed by atoms with van der Waals surface area (Å²) in [7, 11) is 1.57. The van der Waals surface area contributed by atoms with Crippen LogP contribution in [0, 0.1) is 10.1 Å². The third-order valence-electron chi connectivity index (χ3n) is 3.63. The largest absolute Gasteiger partial charge is 0.388 e. The number of nitrogens with zero attached hydrogens (tertiary/aromatic N) is 2. The quantitative estimate of drug-likeness (QED) is 0.653. The van der Waals surface area contributed by atoms with Crippen LogP contribution in [0.3, 0.4) is 0 Å². The fourth-order valence-corrected chi connectivity index (χ4v) is 3.68. The van der Waals surface area contributed by atoms with Gasteiger partial charge in [-0.2, -0.15) is 0 Å². The van der Waals surface area contributed by atoms with Crippen LogP contribution < -0.4 is 10.2 Å². The van der Waals surface area contributed by atoms with Crippen molar-refractivity contribution >= 4 is 27.9 Å². The number of anilines is 1. The maximum absolute atomic E-state index is 12.0. The highest BCUT2D eigenvalue weighted by atomic mass is 32.1. The van der Waals surface area contributed by atoms with Gasteiger partial charge in [0.05, 0.1) is 11.0 Å². The summed E-state index contributed by atoms with van der Waals surface area (Å²) in [6.45, 7) is 2.18. The Hall–Kier alpha value is -1.67. The highest BCUT2D eigenvalue weighted by Crippen LogP contribution is 2.42. The molecule has 1 aliphatic rings. The fourth-order valence-electron chi connectivity index (χ4n) is 2.55. The standard InChI is InChI=1S/C13H19N3O4S/c1-8(17)11-7-10(16(19)20)13(21-11)15-6-4-3-5-9(15)12(18)14-2/h7-9,17H,3-6H2,1-2H3,(H,14,18)/t8-,9?/m1/s1. The third kappa shape index (κ3) is 3.16. The molecule has 0 saturated carbocycles. The van der Waals surface area contributed by atoms with Gasteiger partial charge in [-0.3, -0.25) is 14.9 Å². The minimum atomic E-state index is -0.759. The van der Waals surface area contributed by atoms with Gasteiger partial charge < -0.3 is 15.3 Å². The van der Waals surface area contributed by atoms with Crippen LogP contribution in [0.4, 0.5) is 10.7 Å². The van der Waals surface area contributed by atoms with Crippen molar-refractivity contribution < 1.29 is 14.8 Å². The highest BCUT2D eigenvalue weighted by molar-refractivity contribution is 7.16. The molecule has 0 aliphatic carbocycles. The molecule has 116 valence electrons. The number of aliphatic hydroxyl groups is 1. The predicted molar refractivity (Wildman–Crippen MR) is 80.7 cm³/mol. The number of carbonyl (C=O) groups excluding carboxylic acids is 1. The molecule has 1 aromatic heterocycles. The summed E-state index contributed by atoms with van der Waals surface area (Å²) >= 11 is 1.19. The van der Waals surface area contributed by atoms with Crippen LogP contribution in [-0.4, -0.2) is 35.6 Å². The van der Waals surface area contributed by atoms with Gasteiger partial charge in [-0.05, 0) is 26.2 Å². The zero-order chi connectivity index (χ0) is 15.6. The second-order valence-corrected chi connectivity index (χ2v) is 6.15. The molecule has 1 aromatic rings. The van der Waals surface area contributed by atoms with Crippen LogP contribution in [0.5, 0.6) is 0 Å². The van der Waals surface area contributed by atoms with Crippen molar-refractivity contribution in [2.45, 2.75) is 38.3 Å². The number of likely N-dealkylation sites (N-methyl/N-ethyl adjacent to an activating group) is 1. The number of nitro groups is 1. The van der Waals surface area contributed by atoms with E-state index in [1.807, 2.05) is 0 Å². The summed E-state index contributed by atoms with van der Waals surface area (Å²) in [6.07, 6.45) is 1.74. The number of amides is 1. The van der Waals surface area contributed by atoms with Crippen molar-refractivity contribution in [1.29, 1.82) is 0 Å². The Morgan fingerprint density at radius 1 is 1.62 bits per heavy atom. The molecule has 2 N–H and O–H groups in total. The summed E-state index contributed by atoms with van der Waals surface area (Å²) in [4.78, 5) is 25.1. The molecule has 1 fully saturated rings. The van der Waals surface area contributed by atoms with E-state index in [0.29, 0.717) is 22.8 Å². The zero-order valence-corrected chi connectivity index (χ0v) is 12.9. The lowest BCUT2D eigenvalue weighted by atomic mass is 10.0. The molecule has 2 heterocycles. The lowest BCUT2D eigenvalue weighted by Crippen LogP contribution is -2.48. The van der Waals surface area contributed by atoms with E-state index in [0.717, 1.165) is 12.8 Å². The van der Waals surface area contributed by atoms with E-state index in [1.54, 1.807) is 18.9 Å². The average Bonchev–Trinajstić information content (AvgIpc) is 2.92. The van der Waals surface area contributed by atoms with Gasteiger partial charge in [0.15, 0.2) is 5.00 Å². The molecule has 1 amide bonds. The minimum absolute atomic E-state index is 0.0355. The second kappa shape index (κ2) is 6.40. The predicted octanol–water partition coefficient (Wildman–Crippen LogP) is 1.81. The lowest BCUT2D eigenvalue weighted by Gasteiger charge is -2.34. The van der Waals surface area contributed by atoms with Gasteiger partial charge in [0.1, 0.15) is 6.04 Å². The van der Waals surface area contributed by atoms with Crippen molar-refractivity contribution in [3.05, 3.63) is 21.1 Å². The number of thiophene rings is 1. The van der Waals surface area contributed by atoms with E-state index in [1.165, 1.54) is 17.4 Å². The van der Waals surface area contributed by atoms with E-state index in [2.05, 4.69) is 5.32 Å². The third-order valence-corrected chi connectivity index (χ3v) is 4.97. The van der Waals surface area contributed by atoms with Crippen molar-refractivity contribution in [1.82, 2.24) is 5.32 Å². The Labute approximate surface area is 126 Å². The maximum atomic E-state index is 12.0. The first-order valence-corrected chi connectivity index (χ1v) is 7.71. The monoisotopic (exact) mass is 313 g/mol. The number of rotatable bonds is 4. The molecule has 8 heteroatoms. The number of hydrogen-bond acceptors (Lipinski definition) is 6. The van der Waals surface area contributed by atoms with Crippen molar-refractivity contribution in [2.75, 3.05) is 18.5 Å². The number of hydrogen-bond donors (Lipinski definition) is 2. The van der Waals surface area contributed by atoms with Gasteiger partial charge in [-0.25, -0.2) is 0 Å². The van der Waals surface area contributed by atoms with Crippen LogP contribution in [0.2, 0.25) is 0 Å². The van der Waals surface area contributed by atoms with E-state index in [-0.39, 0.29) is 17.6 Å². The summed E-state index contributed by atoms with van der Waals surface area (Å²) in [6, 6.07) is 1.02. The molecule has 1 saturated heterocycles. The Kier molecular flexibility index (Phi) is 4.79. The van der Waals surface area contributed by atoms with E-state index in [4.69, 9.17) is 0 Å². The smallest absolute Gasteiger partial charge is 0.304 e. The first-order valence-electron chi connectivity index (χ1n) is 6.90. The highest BCUT2D eigenvalue weighted by Gasteiger charge is 2.34. The van der Waals surface area contributed by atoms with E-state index >= 15 is 0 Å². The summed E-state index contributed by atoms with van der Waals surface area (Å²) in [5, 5.41) is 24.0. The molecule has 2 atom stereocenters. The Balaban J connectivity index is 2.42. The number of carbonyl (C=O) groups is 1. The van der Waals surface area contributed by atoms with Gasteiger partial charge >= 0.3 is 5.69 Å². The molecular formula is C13H19N3O4S. The van der Waals surface area contributed by atoms with Crippen molar-refractivity contribution in [3.8, 4) is 0 Å². The SMILES string of the molecule is CNC(=O)C1CCCCN1c1sc([C@@H](C)O)cc1[N+](=O)[O-]. The van der Waals surface area contributed by atoms with Gasteiger partial charge in [0.25, 0.3) is 0 Å². The Bertz CT molecular complexity index is 544. The molecule has 1 aliphatic heterocycles. The minimum Gasteiger partial charge on any atom is -0.388 e. The number of piperidine rings is 1. The first kappa shape index (κ1) is 15.7. The van der Waals surface area contributed by atoms with Crippen LogP contribution in [0.1, 0.15) is 37.2 Å². The van der Waals surface area contributed by atoms with E-state index < -0.39 is 11.0 Å². The molecular weight excluding hydrogens is 294 g/mol. The molecule has 7 nitrogen and oxygen atoms in total. The van der Waals surface area contributed by atoms with Gasteiger partial charge in [-0.1, -0.05) is 0 Å².